The number of methoxy groups -OCH3 is 2. The third-order valence-corrected chi connectivity index (χ3v) is 3.19. The highest BCUT2D eigenvalue weighted by Gasteiger charge is 2.14. The van der Waals surface area contributed by atoms with Crippen molar-refractivity contribution in [1.29, 1.82) is 0 Å². The Hall–Kier alpha value is -3.15. The summed E-state index contributed by atoms with van der Waals surface area (Å²) in [7, 11) is 2.86. The van der Waals surface area contributed by atoms with Gasteiger partial charge in [0.05, 0.1) is 19.8 Å². The van der Waals surface area contributed by atoms with Gasteiger partial charge in [0.1, 0.15) is 5.75 Å². The first-order valence-corrected chi connectivity index (χ1v) is 6.65. The van der Waals surface area contributed by atoms with Gasteiger partial charge in [-0.25, -0.2) is 0 Å². The van der Waals surface area contributed by atoms with E-state index in [-0.39, 0.29) is 22.8 Å². The Morgan fingerprint density at radius 2 is 1.57 bits per heavy atom. The topological polar surface area (TPSA) is 96.2 Å². The zero-order valence-electron chi connectivity index (χ0n) is 12.6. The molecule has 0 aliphatic carbocycles. The van der Waals surface area contributed by atoms with Crippen LogP contribution in [0.25, 0.3) is 6.08 Å². The fourth-order valence-corrected chi connectivity index (χ4v) is 1.97. The smallest absolute Gasteiger partial charge is 0.189 e. The summed E-state index contributed by atoms with van der Waals surface area (Å²) in [5.41, 5.74) is 0.579. The molecule has 0 spiro atoms. The van der Waals surface area contributed by atoms with Gasteiger partial charge in [-0.15, -0.1) is 0 Å². The highest BCUT2D eigenvalue weighted by Crippen LogP contribution is 2.34. The molecule has 0 aromatic heterocycles. The van der Waals surface area contributed by atoms with Crippen LogP contribution < -0.4 is 9.47 Å². The lowest BCUT2D eigenvalue weighted by Gasteiger charge is -2.10. The Labute approximate surface area is 132 Å². The summed E-state index contributed by atoms with van der Waals surface area (Å²) < 4.78 is 10.1. The normalized spacial score (nSPS) is 10.7. The first kappa shape index (κ1) is 16.2. The van der Waals surface area contributed by atoms with Crippen LogP contribution in [0.4, 0.5) is 0 Å². The van der Waals surface area contributed by atoms with E-state index in [1.807, 2.05) is 0 Å². The minimum atomic E-state index is -0.448. The summed E-state index contributed by atoms with van der Waals surface area (Å²) in [6, 6.07) is 6.84. The highest BCUT2D eigenvalue weighted by atomic mass is 16.5. The highest BCUT2D eigenvalue weighted by molar-refractivity contribution is 6.09. The number of carbonyl (C=O) groups excluding carboxylic acids is 1. The molecule has 0 fully saturated rings. The predicted molar refractivity (Wildman–Crippen MR) is 84.3 cm³/mol. The molecule has 2 aromatic rings. The van der Waals surface area contributed by atoms with E-state index in [0.29, 0.717) is 17.1 Å². The third kappa shape index (κ3) is 3.55. The minimum absolute atomic E-state index is 0.0573. The molecule has 0 unspecified atom stereocenters. The Balaban J connectivity index is 2.29. The summed E-state index contributed by atoms with van der Waals surface area (Å²) in [5, 5.41) is 28.6. The molecule has 0 heterocycles. The second-order valence-corrected chi connectivity index (χ2v) is 4.67. The van der Waals surface area contributed by atoms with Crippen LogP contribution >= 0.6 is 0 Å². The number of ether oxygens (including phenoxy) is 2. The lowest BCUT2D eigenvalue weighted by atomic mass is 10.1. The van der Waals surface area contributed by atoms with Crippen molar-refractivity contribution in [3.05, 3.63) is 47.5 Å². The molecule has 6 heteroatoms. The van der Waals surface area contributed by atoms with Gasteiger partial charge in [0, 0.05) is 6.07 Å². The van der Waals surface area contributed by atoms with Gasteiger partial charge in [0.25, 0.3) is 0 Å². The van der Waals surface area contributed by atoms with Crippen LogP contribution in [0.15, 0.2) is 36.4 Å². The summed E-state index contributed by atoms with van der Waals surface area (Å²) in [6.07, 6.45) is 2.70. The molecule has 0 amide bonds. The maximum atomic E-state index is 12.2. The van der Waals surface area contributed by atoms with Crippen molar-refractivity contribution in [2.75, 3.05) is 14.2 Å². The fraction of sp³-hybridized carbons (Fsp3) is 0.118. The third-order valence-electron chi connectivity index (χ3n) is 3.19. The number of hydrogen-bond donors (Lipinski definition) is 3. The quantitative estimate of drug-likeness (QED) is 0.446. The van der Waals surface area contributed by atoms with Crippen molar-refractivity contribution >= 4 is 11.9 Å². The van der Waals surface area contributed by atoms with Crippen molar-refractivity contribution in [2.45, 2.75) is 0 Å². The van der Waals surface area contributed by atoms with Crippen molar-refractivity contribution in [2.24, 2.45) is 0 Å². The van der Waals surface area contributed by atoms with Gasteiger partial charge in [-0.3, -0.25) is 4.79 Å². The maximum Gasteiger partial charge on any atom is 0.189 e. The average molecular weight is 316 g/mol. The van der Waals surface area contributed by atoms with E-state index in [1.165, 1.54) is 56.7 Å². The lowest BCUT2D eigenvalue weighted by molar-refractivity contribution is 0.104. The van der Waals surface area contributed by atoms with Crippen molar-refractivity contribution < 1.29 is 29.6 Å². The largest absolute Gasteiger partial charge is 0.507 e. The first-order valence-electron chi connectivity index (χ1n) is 6.65. The number of allylic oxidation sites excluding steroid dienone is 1. The summed E-state index contributed by atoms with van der Waals surface area (Å²) in [6.45, 7) is 0. The Morgan fingerprint density at radius 3 is 2.17 bits per heavy atom. The standard InChI is InChI=1S/C17H16O6/c1-22-16-8-11(14(20)9-17(16)23-2)12(18)5-3-10-4-6-13(19)15(21)7-10/h3-9,19-21H,1-2H3/b5-3+. The van der Waals surface area contributed by atoms with Crippen LogP contribution in [0.3, 0.4) is 0 Å². The molecule has 2 aromatic carbocycles. The molecule has 0 radical (unpaired) electrons. The molecule has 3 N–H and O–H groups in total. The number of aromatic hydroxyl groups is 3. The maximum absolute atomic E-state index is 12.2. The summed E-state index contributed by atoms with van der Waals surface area (Å²) in [5.74, 6) is -0.570. The van der Waals surface area contributed by atoms with E-state index in [4.69, 9.17) is 9.47 Å². The van der Waals surface area contributed by atoms with Crippen LogP contribution in [0.2, 0.25) is 0 Å². The molecule has 0 saturated carbocycles. The van der Waals surface area contributed by atoms with Crippen molar-refractivity contribution in [1.82, 2.24) is 0 Å². The summed E-state index contributed by atoms with van der Waals surface area (Å²) in [4.78, 5) is 12.2. The fourth-order valence-electron chi connectivity index (χ4n) is 1.97. The van der Waals surface area contributed by atoms with Gasteiger partial charge in [-0.1, -0.05) is 12.1 Å². The van der Waals surface area contributed by atoms with E-state index < -0.39 is 5.78 Å². The van der Waals surface area contributed by atoms with Gasteiger partial charge in [-0.05, 0) is 29.8 Å². The van der Waals surface area contributed by atoms with Crippen LogP contribution in [0.5, 0.6) is 28.7 Å². The van der Waals surface area contributed by atoms with E-state index >= 15 is 0 Å². The van der Waals surface area contributed by atoms with Crippen LogP contribution in [0, 0.1) is 0 Å². The molecular formula is C17H16O6. The predicted octanol–water partition coefficient (Wildman–Crippen LogP) is 2.72. The number of benzene rings is 2. The SMILES string of the molecule is COc1cc(O)c(C(=O)/C=C/c2ccc(O)c(O)c2)cc1OC. The van der Waals surface area contributed by atoms with Gasteiger partial charge in [0.15, 0.2) is 28.8 Å². The zero-order valence-corrected chi connectivity index (χ0v) is 12.6. The van der Waals surface area contributed by atoms with E-state index in [9.17, 15) is 20.1 Å². The molecule has 0 saturated heterocycles. The van der Waals surface area contributed by atoms with E-state index in [2.05, 4.69) is 0 Å². The second-order valence-electron chi connectivity index (χ2n) is 4.67. The Kier molecular flexibility index (Phi) is 4.75. The molecule has 23 heavy (non-hydrogen) atoms. The second kappa shape index (κ2) is 6.74. The number of ketones is 1. The van der Waals surface area contributed by atoms with Crippen molar-refractivity contribution in [3.8, 4) is 28.7 Å². The summed E-state index contributed by atoms with van der Waals surface area (Å²) >= 11 is 0. The molecule has 0 bridgehead atoms. The van der Waals surface area contributed by atoms with Gasteiger partial charge in [-0.2, -0.15) is 0 Å². The molecule has 6 nitrogen and oxygen atoms in total. The molecule has 0 atom stereocenters. The average Bonchev–Trinajstić information content (AvgIpc) is 2.55. The Bertz CT molecular complexity index is 764. The molecule has 120 valence electrons. The Morgan fingerprint density at radius 1 is 0.913 bits per heavy atom. The van der Waals surface area contributed by atoms with Gasteiger partial charge in [0.2, 0.25) is 0 Å². The number of phenols is 3. The zero-order chi connectivity index (χ0) is 17.0. The number of hydrogen-bond acceptors (Lipinski definition) is 6. The van der Waals surface area contributed by atoms with Crippen LogP contribution in [0.1, 0.15) is 15.9 Å². The van der Waals surface area contributed by atoms with Crippen LogP contribution in [-0.4, -0.2) is 35.3 Å². The number of carbonyl (C=O) groups is 1. The lowest BCUT2D eigenvalue weighted by Crippen LogP contribution is -1.98. The first-order chi connectivity index (χ1) is 11.0. The number of phenolic OH excluding ortho intramolecular Hbond substituents is 3. The van der Waals surface area contributed by atoms with Gasteiger partial charge < -0.3 is 24.8 Å². The molecule has 2 rings (SSSR count). The van der Waals surface area contributed by atoms with Crippen LogP contribution in [-0.2, 0) is 0 Å². The molecule has 0 aliphatic heterocycles. The van der Waals surface area contributed by atoms with Gasteiger partial charge >= 0.3 is 0 Å². The molecular weight excluding hydrogens is 300 g/mol. The molecule has 0 aliphatic rings. The van der Waals surface area contributed by atoms with E-state index in [1.54, 1.807) is 0 Å². The monoisotopic (exact) mass is 316 g/mol. The number of rotatable bonds is 5. The minimum Gasteiger partial charge on any atom is -0.507 e. The van der Waals surface area contributed by atoms with E-state index in [0.717, 1.165) is 0 Å². The van der Waals surface area contributed by atoms with Crippen molar-refractivity contribution in [3.63, 3.8) is 0 Å².